The molecular weight excluding hydrogens is 272 g/mol. The highest BCUT2D eigenvalue weighted by atomic mass is 16.4. The molecule has 1 aliphatic rings. The van der Waals surface area contributed by atoms with E-state index in [0.29, 0.717) is 6.54 Å². The molecule has 122 valence electrons. The molecule has 0 aromatic rings. The first kappa shape index (κ1) is 17.7. The molecule has 1 rings (SSSR count). The van der Waals surface area contributed by atoms with Crippen LogP contribution in [-0.4, -0.2) is 78.8 Å². The summed E-state index contributed by atoms with van der Waals surface area (Å²) in [5.41, 5.74) is 0. The maximum absolute atomic E-state index is 12.0. The number of piperazine rings is 1. The van der Waals surface area contributed by atoms with E-state index in [1.807, 2.05) is 13.8 Å². The predicted octanol–water partition coefficient (Wildman–Crippen LogP) is 0.176. The summed E-state index contributed by atoms with van der Waals surface area (Å²) in [7, 11) is 0. The van der Waals surface area contributed by atoms with Crippen LogP contribution in [0.2, 0.25) is 0 Å². The van der Waals surface area contributed by atoms with Crippen molar-refractivity contribution in [2.75, 3.05) is 45.8 Å². The van der Waals surface area contributed by atoms with Crippen LogP contribution in [0, 0.1) is 0 Å². The first-order valence-corrected chi connectivity index (χ1v) is 7.70. The van der Waals surface area contributed by atoms with Crippen molar-refractivity contribution in [1.29, 1.82) is 0 Å². The molecule has 21 heavy (non-hydrogen) atoms. The van der Waals surface area contributed by atoms with Crippen LogP contribution in [-0.2, 0) is 4.79 Å². The van der Waals surface area contributed by atoms with Gasteiger partial charge in [0.2, 0.25) is 0 Å². The number of rotatable bonds is 8. The standard InChI is InChI=1S/C14H28N4O3/c1-12(2)18(9-4-13(19)20)14(21)16-5-3-8-17-10-6-15-7-11-17/h12,15H,3-11H2,1-2H3,(H,16,21)(H,19,20). The van der Waals surface area contributed by atoms with Crippen LogP contribution in [0.4, 0.5) is 4.79 Å². The van der Waals surface area contributed by atoms with E-state index >= 15 is 0 Å². The molecule has 1 aliphatic heterocycles. The SMILES string of the molecule is CC(C)N(CCC(=O)O)C(=O)NCCCN1CCNCC1. The Balaban J connectivity index is 2.21. The number of hydrogen-bond acceptors (Lipinski definition) is 4. The predicted molar refractivity (Wildman–Crippen MR) is 81.4 cm³/mol. The number of hydrogen-bond donors (Lipinski definition) is 3. The molecule has 7 heteroatoms. The number of amides is 2. The molecular formula is C14H28N4O3. The lowest BCUT2D eigenvalue weighted by Gasteiger charge is -2.28. The number of urea groups is 1. The van der Waals surface area contributed by atoms with Gasteiger partial charge < -0.3 is 25.5 Å². The molecule has 0 aliphatic carbocycles. The Morgan fingerprint density at radius 2 is 2.00 bits per heavy atom. The van der Waals surface area contributed by atoms with Crippen molar-refractivity contribution in [1.82, 2.24) is 20.4 Å². The van der Waals surface area contributed by atoms with Crippen LogP contribution in [0.5, 0.6) is 0 Å². The lowest BCUT2D eigenvalue weighted by Crippen LogP contribution is -2.46. The summed E-state index contributed by atoms with van der Waals surface area (Å²) in [5, 5.41) is 14.9. The molecule has 0 unspecified atom stereocenters. The number of carboxylic acids is 1. The molecule has 0 radical (unpaired) electrons. The molecule has 1 heterocycles. The topological polar surface area (TPSA) is 84.9 Å². The Morgan fingerprint density at radius 1 is 1.33 bits per heavy atom. The van der Waals surface area contributed by atoms with Gasteiger partial charge in [-0.3, -0.25) is 4.79 Å². The lowest BCUT2D eigenvalue weighted by atomic mass is 10.3. The number of nitrogens with zero attached hydrogens (tertiary/aromatic N) is 2. The summed E-state index contributed by atoms with van der Waals surface area (Å²) in [6.45, 7) is 9.82. The van der Waals surface area contributed by atoms with E-state index in [-0.39, 0.29) is 25.0 Å². The fourth-order valence-electron chi connectivity index (χ4n) is 2.34. The monoisotopic (exact) mass is 300 g/mol. The minimum atomic E-state index is -0.882. The van der Waals surface area contributed by atoms with Gasteiger partial charge in [-0.05, 0) is 26.8 Å². The zero-order chi connectivity index (χ0) is 15.7. The molecule has 0 aromatic heterocycles. The Hall–Kier alpha value is -1.34. The van der Waals surface area contributed by atoms with Crippen LogP contribution >= 0.6 is 0 Å². The van der Waals surface area contributed by atoms with Gasteiger partial charge >= 0.3 is 12.0 Å². The molecule has 3 N–H and O–H groups in total. The summed E-state index contributed by atoms with van der Waals surface area (Å²) < 4.78 is 0. The van der Waals surface area contributed by atoms with Crippen molar-refractivity contribution in [3.05, 3.63) is 0 Å². The Labute approximate surface area is 126 Å². The second-order valence-electron chi connectivity index (χ2n) is 5.61. The number of nitrogens with one attached hydrogen (secondary N) is 2. The molecule has 0 saturated carbocycles. The summed E-state index contributed by atoms with van der Waals surface area (Å²) in [4.78, 5) is 26.6. The number of carboxylic acid groups (broad SMARTS) is 1. The summed E-state index contributed by atoms with van der Waals surface area (Å²) in [6, 6.07) is -0.177. The molecule has 0 aromatic carbocycles. The first-order chi connectivity index (χ1) is 10.0. The third-order valence-electron chi connectivity index (χ3n) is 3.59. The second-order valence-corrected chi connectivity index (χ2v) is 5.61. The maximum Gasteiger partial charge on any atom is 0.317 e. The molecule has 1 saturated heterocycles. The van der Waals surface area contributed by atoms with Crippen molar-refractivity contribution in [2.45, 2.75) is 32.7 Å². The van der Waals surface area contributed by atoms with E-state index < -0.39 is 5.97 Å². The largest absolute Gasteiger partial charge is 0.481 e. The third kappa shape index (κ3) is 7.29. The smallest absolute Gasteiger partial charge is 0.317 e. The van der Waals surface area contributed by atoms with Gasteiger partial charge in [0.05, 0.1) is 6.42 Å². The number of carbonyl (C=O) groups excluding carboxylic acids is 1. The summed E-state index contributed by atoms with van der Waals surface area (Å²) in [5.74, 6) is -0.882. The quantitative estimate of drug-likeness (QED) is 0.557. The van der Waals surface area contributed by atoms with Gasteiger partial charge in [-0.15, -0.1) is 0 Å². The van der Waals surface area contributed by atoms with Crippen LogP contribution < -0.4 is 10.6 Å². The van der Waals surface area contributed by atoms with Crippen molar-refractivity contribution in [2.24, 2.45) is 0 Å². The summed E-state index contributed by atoms with van der Waals surface area (Å²) in [6.07, 6.45) is 0.892. The molecule has 0 bridgehead atoms. The number of carbonyl (C=O) groups is 2. The molecule has 7 nitrogen and oxygen atoms in total. The molecule has 0 atom stereocenters. The van der Waals surface area contributed by atoms with Crippen molar-refractivity contribution < 1.29 is 14.7 Å². The Bertz CT molecular complexity index is 330. The first-order valence-electron chi connectivity index (χ1n) is 7.70. The van der Waals surface area contributed by atoms with Gasteiger partial charge in [-0.1, -0.05) is 0 Å². The molecule has 0 spiro atoms. The summed E-state index contributed by atoms with van der Waals surface area (Å²) >= 11 is 0. The van der Waals surface area contributed by atoms with E-state index in [0.717, 1.165) is 39.1 Å². The molecule has 1 fully saturated rings. The van der Waals surface area contributed by atoms with Gasteiger partial charge in [-0.25, -0.2) is 4.79 Å². The van der Waals surface area contributed by atoms with Crippen molar-refractivity contribution in [3.63, 3.8) is 0 Å². The van der Waals surface area contributed by atoms with Crippen molar-refractivity contribution in [3.8, 4) is 0 Å². The maximum atomic E-state index is 12.0. The van der Waals surface area contributed by atoms with Crippen LogP contribution in [0.15, 0.2) is 0 Å². The average molecular weight is 300 g/mol. The van der Waals surface area contributed by atoms with Crippen LogP contribution in [0.25, 0.3) is 0 Å². The van der Waals surface area contributed by atoms with Gasteiger partial charge in [-0.2, -0.15) is 0 Å². The van der Waals surface area contributed by atoms with Gasteiger partial charge in [0.25, 0.3) is 0 Å². The third-order valence-corrected chi connectivity index (χ3v) is 3.59. The van der Waals surface area contributed by atoms with Gasteiger partial charge in [0, 0.05) is 45.3 Å². The highest BCUT2D eigenvalue weighted by Crippen LogP contribution is 2.01. The zero-order valence-corrected chi connectivity index (χ0v) is 13.1. The van der Waals surface area contributed by atoms with E-state index in [1.165, 1.54) is 0 Å². The minimum Gasteiger partial charge on any atom is -0.481 e. The number of aliphatic carboxylic acids is 1. The van der Waals surface area contributed by atoms with Gasteiger partial charge in [0.1, 0.15) is 0 Å². The van der Waals surface area contributed by atoms with Crippen LogP contribution in [0.1, 0.15) is 26.7 Å². The fourth-order valence-corrected chi connectivity index (χ4v) is 2.34. The fraction of sp³-hybridized carbons (Fsp3) is 0.857. The van der Waals surface area contributed by atoms with E-state index in [2.05, 4.69) is 15.5 Å². The lowest BCUT2D eigenvalue weighted by molar-refractivity contribution is -0.137. The Morgan fingerprint density at radius 3 is 2.57 bits per heavy atom. The van der Waals surface area contributed by atoms with Crippen LogP contribution in [0.3, 0.4) is 0 Å². The Kier molecular flexibility index (Phi) is 8.07. The second kappa shape index (κ2) is 9.57. The van der Waals surface area contributed by atoms with E-state index in [9.17, 15) is 9.59 Å². The van der Waals surface area contributed by atoms with Crippen molar-refractivity contribution >= 4 is 12.0 Å². The highest BCUT2D eigenvalue weighted by Gasteiger charge is 2.17. The minimum absolute atomic E-state index is 0.00230. The highest BCUT2D eigenvalue weighted by molar-refractivity contribution is 5.75. The zero-order valence-electron chi connectivity index (χ0n) is 13.1. The van der Waals surface area contributed by atoms with E-state index in [4.69, 9.17) is 5.11 Å². The normalized spacial score (nSPS) is 16.0. The van der Waals surface area contributed by atoms with E-state index in [1.54, 1.807) is 4.90 Å². The molecule has 2 amide bonds. The average Bonchev–Trinajstić information content (AvgIpc) is 2.44. The van der Waals surface area contributed by atoms with Gasteiger partial charge in [0.15, 0.2) is 0 Å².